The van der Waals surface area contributed by atoms with E-state index in [4.69, 9.17) is 0 Å². The average Bonchev–Trinajstić information content (AvgIpc) is 2.49. The van der Waals surface area contributed by atoms with Crippen molar-refractivity contribution < 1.29 is 0 Å². The quantitative estimate of drug-likeness (QED) is 0.620. The van der Waals surface area contributed by atoms with Crippen LogP contribution in [0.15, 0.2) is 12.1 Å². The molecule has 112 valence electrons. The third kappa shape index (κ3) is 4.88. The molecule has 0 radical (unpaired) electrons. The molecule has 0 N–H and O–H groups in total. The maximum Gasteiger partial charge on any atom is 0.0662 e. The van der Waals surface area contributed by atoms with E-state index in [1.54, 1.807) is 0 Å². The van der Waals surface area contributed by atoms with Crippen molar-refractivity contribution in [3.63, 3.8) is 0 Å². The van der Waals surface area contributed by atoms with Crippen LogP contribution in [0.2, 0.25) is 0 Å². The molecule has 0 aliphatic heterocycles. The van der Waals surface area contributed by atoms with Gasteiger partial charge in [-0.2, -0.15) is 10.2 Å². The highest BCUT2D eigenvalue weighted by atomic mass is 15.1. The van der Waals surface area contributed by atoms with Crippen molar-refractivity contribution >= 4 is 0 Å². The van der Waals surface area contributed by atoms with Crippen LogP contribution in [0.5, 0.6) is 0 Å². The van der Waals surface area contributed by atoms with Gasteiger partial charge in [0, 0.05) is 5.92 Å². The molecule has 0 spiro atoms. The van der Waals surface area contributed by atoms with E-state index in [0.717, 1.165) is 11.6 Å². The van der Waals surface area contributed by atoms with Gasteiger partial charge in [-0.3, -0.25) is 0 Å². The molecular weight excluding hydrogens is 244 g/mol. The minimum absolute atomic E-state index is 0.666. The number of aromatic nitrogens is 2. The largest absolute Gasteiger partial charge is 0.156 e. The lowest BCUT2D eigenvalue weighted by Gasteiger charge is -2.28. The van der Waals surface area contributed by atoms with Gasteiger partial charge < -0.3 is 0 Å². The van der Waals surface area contributed by atoms with Crippen LogP contribution in [-0.4, -0.2) is 10.2 Å². The summed E-state index contributed by atoms with van der Waals surface area (Å²) in [7, 11) is 0. The molecule has 1 aliphatic rings. The normalized spacial score (nSPS) is 22.9. The SMILES string of the molecule is CCCCCCCC1CCC(c2ccc(C)nn2)CC1. The summed E-state index contributed by atoms with van der Waals surface area (Å²) in [5, 5.41) is 8.57. The van der Waals surface area contributed by atoms with Gasteiger partial charge in [0.2, 0.25) is 0 Å². The van der Waals surface area contributed by atoms with Crippen LogP contribution < -0.4 is 0 Å². The van der Waals surface area contributed by atoms with E-state index in [9.17, 15) is 0 Å². The summed E-state index contributed by atoms with van der Waals surface area (Å²) in [6.45, 7) is 4.29. The predicted octanol–water partition coefficient (Wildman–Crippen LogP) is 5.42. The van der Waals surface area contributed by atoms with Crippen molar-refractivity contribution in [3.8, 4) is 0 Å². The topological polar surface area (TPSA) is 25.8 Å². The van der Waals surface area contributed by atoms with Crippen molar-refractivity contribution in [2.24, 2.45) is 5.92 Å². The molecule has 1 aromatic rings. The Hall–Kier alpha value is -0.920. The van der Waals surface area contributed by atoms with Crippen molar-refractivity contribution in [2.45, 2.75) is 84.0 Å². The van der Waals surface area contributed by atoms with Crippen LogP contribution in [0.25, 0.3) is 0 Å². The molecule has 1 aromatic heterocycles. The molecule has 0 aromatic carbocycles. The molecule has 2 heteroatoms. The van der Waals surface area contributed by atoms with Gasteiger partial charge in [0.05, 0.1) is 11.4 Å². The van der Waals surface area contributed by atoms with Crippen molar-refractivity contribution in [1.82, 2.24) is 10.2 Å². The highest BCUT2D eigenvalue weighted by molar-refractivity contribution is 5.10. The lowest BCUT2D eigenvalue weighted by molar-refractivity contribution is 0.298. The van der Waals surface area contributed by atoms with Crippen LogP contribution in [0.4, 0.5) is 0 Å². The number of nitrogens with zero attached hydrogens (tertiary/aromatic N) is 2. The third-order valence-electron chi connectivity index (χ3n) is 4.80. The first-order chi connectivity index (χ1) is 9.79. The van der Waals surface area contributed by atoms with Gasteiger partial charge in [-0.1, -0.05) is 45.4 Å². The maximum absolute atomic E-state index is 4.37. The molecule has 0 bridgehead atoms. The van der Waals surface area contributed by atoms with Crippen LogP contribution >= 0.6 is 0 Å². The second-order valence-corrected chi connectivity index (χ2v) is 6.52. The highest BCUT2D eigenvalue weighted by Gasteiger charge is 2.23. The van der Waals surface area contributed by atoms with E-state index in [0.29, 0.717) is 5.92 Å². The maximum atomic E-state index is 4.37. The second kappa shape index (κ2) is 8.39. The number of unbranched alkanes of at least 4 members (excludes halogenated alkanes) is 4. The Morgan fingerprint density at radius 3 is 2.35 bits per heavy atom. The first kappa shape index (κ1) is 15.5. The van der Waals surface area contributed by atoms with Crippen molar-refractivity contribution in [1.29, 1.82) is 0 Å². The molecule has 1 saturated carbocycles. The van der Waals surface area contributed by atoms with Crippen LogP contribution in [-0.2, 0) is 0 Å². The predicted molar refractivity (Wildman–Crippen MR) is 84.8 cm³/mol. The first-order valence-electron chi connectivity index (χ1n) is 8.59. The molecule has 2 rings (SSSR count). The van der Waals surface area contributed by atoms with Gasteiger partial charge in [0.15, 0.2) is 0 Å². The fraction of sp³-hybridized carbons (Fsp3) is 0.778. The zero-order valence-corrected chi connectivity index (χ0v) is 13.3. The molecule has 1 heterocycles. The molecular formula is C18H30N2. The summed E-state index contributed by atoms with van der Waals surface area (Å²) in [6, 6.07) is 4.28. The Morgan fingerprint density at radius 1 is 0.950 bits per heavy atom. The Balaban J connectivity index is 1.66. The number of hydrogen-bond donors (Lipinski definition) is 0. The minimum atomic E-state index is 0.666. The summed E-state index contributed by atoms with van der Waals surface area (Å²) < 4.78 is 0. The Kier molecular flexibility index (Phi) is 6.49. The van der Waals surface area contributed by atoms with Gasteiger partial charge in [-0.15, -0.1) is 0 Å². The monoisotopic (exact) mass is 274 g/mol. The molecule has 1 aliphatic carbocycles. The number of hydrogen-bond acceptors (Lipinski definition) is 2. The molecule has 0 amide bonds. The van der Waals surface area contributed by atoms with Gasteiger partial charge in [-0.25, -0.2) is 0 Å². The minimum Gasteiger partial charge on any atom is -0.156 e. The summed E-state index contributed by atoms with van der Waals surface area (Å²) in [5.74, 6) is 1.64. The fourth-order valence-corrected chi connectivity index (χ4v) is 3.41. The first-order valence-corrected chi connectivity index (χ1v) is 8.59. The Labute approximate surface area is 124 Å². The number of rotatable bonds is 7. The lowest BCUT2D eigenvalue weighted by Crippen LogP contribution is -2.14. The summed E-state index contributed by atoms with van der Waals surface area (Å²) in [4.78, 5) is 0. The van der Waals surface area contributed by atoms with Gasteiger partial charge in [0.25, 0.3) is 0 Å². The second-order valence-electron chi connectivity index (χ2n) is 6.52. The standard InChI is InChI=1S/C18H30N2/c1-3-4-5-6-7-8-16-10-12-17(13-11-16)18-14-9-15(2)19-20-18/h9,14,16-17H,3-8,10-13H2,1-2H3. The van der Waals surface area contributed by atoms with Gasteiger partial charge in [0.1, 0.15) is 0 Å². The molecule has 20 heavy (non-hydrogen) atoms. The molecule has 1 fully saturated rings. The third-order valence-corrected chi connectivity index (χ3v) is 4.80. The smallest absolute Gasteiger partial charge is 0.0662 e. The van der Waals surface area contributed by atoms with Gasteiger partial charge >= 0.3 is 0 Å². The Morgan fingerprint density at radius 2 is 1.70 bits per heavy atom. The van der Waals surface area contributed by atoms with Crippen molar-refractivity contribution in [3.05, 3.63) is 23.5 Å². The summed E-state index contributed by atoms with van der Waals surface area (Å²) in [6.07, 6.45) is 14.0. The highest BCUT2D eigenvalue weighted by Crippen LogP contribution is 2.36. The number of aryl methyl sites for hydroxylation is 1. The molecule has 0 unspecified atom stereocenters. The van der Waals surface area contributed by atoms with E-state index in [1.165, 1.54) is 69.9 Å². The zero-order chi connectivity index (χ0) is 14.2. The van der Waals surface area contributed by atoms with E-state index in [1.807, 2.05) is 6.92 Å². The van der Waals surface area contributed by atoms with Crippen LogP contribution in [0.1, 0.15) is 88.4 Å². The molecule has 0 atom stereocenters. The Bertz CT molecular complexity index is 364. The molecule has 2 nitrogen and oxygen atoms in total. The van der Waals surface area contributed by atoms with Crippen molar-refractivity contribution in [2.75, 3.05) is 0 Å². The fourth-order valence-electron chi connectivity index (χ4n) is 3.41. The summed E-state index contributed by atoms with van der Waals surface area (Å²) >= 11 is 0. The zero-order valence-electron chi connectivity index (χ0n) is 13.3. The average molecular weight is 274 g/mol. The van der Waals surface area contributed by atoms with Crippen LogP contribution in [0.3, 0.4) is 0 Å². The van der Waals surface area contributed by atoms with E-state index < -0.39 is 0 Å². The van der Waals surface area contributed by atoms with Crippen LogP contribution in [0, 0.1) is 12.8 Å². The van der Waals surface area contributed by atoms with Gasteiger partial charge in [-0.05, 0) is 50.7 Å². The van der Waals surface area contributed by atoms with E-state index in [-0.39, 0.29) is 0 Å². The van der Waals surface area contributed by atoms with E-state index >= 15 is 0 Å². The lowest BCUT2D eigenvalue weighted by atomic mass is 9.78. The molecule has 0 saturated heterocycles. The van der Waals surface area contributed by atoms with E-state index in [2.05, 4.69) is 29.3 Å². The summed E-state index contributed by atoms with van der Waals surface area (Å²) in [5.41, 5.74) is 2.24.